The standard InChI is InChI=1S/C23H32N2O5/c1-4-19(27)25(11-9-14(2)3)17-13-16(23(29)24-10-12-26)20-15-7-5-6-8-18(15)30-22(20)21(17)28/h5-8,13-14,17,20-22,26,28H,4,9-12H2,1-3H3,(H,24,29)/t17-,20+,21+,22+/m1/s1. The maximum absolute atomic E-state index is 13.0. The van der Waals surface area contributed by atoms with E-state index in [9.17, 15) is 14.7 Å². The van der Waals surface area contributed by atoms with E-state index in [2.05, 4.69) is 19.2 Å². The van der Waals surface area contributed by atoms with Crippen LogP contribution >= 0.6 is 0 Å². The lowest BCUT2D eigenvalue weighted by atomic mass is 9.77. The summed E-state index contributed by atoms with van der Waals surface area (Å²) in [6, 6.07) is 6.80. The summed E-state index contributed by atoms with van der Waals surface area (Å²) >= 11 is 0. The van der Waals surface area contributed by atoms with Crippen LogP contribution in [0.15, 0.2) is 35.9 Å². The quantitative estimate of drug-likeness (QED) is 0.598. The van der Waals surface area contributed by atoms with Crippen molar-refractivity contribution in [3.8, 4) is 5.75 Å². The van der Waals surface area contributed by atoms with E-state index in [4.69, 9.17) is 9.84 Å². The molecule has 2 amide bonds. The summed E-state index contributed by atoms with van der Waals surface area (Å²) in [5, 5.41) is 23.1. The fourth-order valence-corrected chi connectivity index (χ4v) is 4.23. The summed E-state index contributed by atoms with van der Waals surface area (Å²) in [5.41, 5.74) is 1.31. The molecule has 0 spiro atoms. The minimum atomic E-state index is -0.959. The van der Waals surface area contributed by atoms with Crippen LogP contribution in [0.4, 0.5) is 0 Å². The van der Waals surface area contributed by atoms with Crippen LogP contribution in [-0.2, 0) is 9.59 Å². The Labute approximate surface area is 177 Å². The summed E-state index contributed by atoms with van der Waals surface area (Å²) in [5.74, 6) is 0.233. The predicted octanol–water partition coefficient (Wildman–Crippen LogP) is 1.59. The molecule has 0 saturated heterocycles. The van der Waals surface area contributed by atoms with Crippen molar-refractivity contribution in [2.45, 2.75) is 57.8 Å². The average Bonchev–Trinajstić information content (AvgIpc) is 3.13. The van der Waals surface area contributed by atoms with Crippen LogP contribution in [0.25, 0.3) is 0 Å². The van der Waals surface area contributed by atoms with E-state index >= 15 is 0 Å². The Bertz CT molecular complexity index is 807. The normalized spacial score (nSPS) is 24.5. The van der Waals surface area contributed by atoms with Crippen molar-refractivity contribution < 1.29 is 24.5 Å². The lowest BCUT2D eigenvalue weighted by Gasteiger charge is -2.41. The van der Waals surface area contributed by atoms with Crippen molar-refractivity contribution in [2.24, 2.45) is 5.92 Å². The first-order valence-corrected chi connectivity index (χ1v) is 10.7. The summed E-state index contributed by atoms with van der Waals surface area (Å²) in [4.78, 5) is 27.4. The first-order chi connectivity index (χ1) is 14.4. The van der Waals surface area contributed by atoms with Crippen molar-refractivity contribution in [1.29, 1.82) is 0 Å². The molecule has 0 saturated carbocycles. The predicted molar refractivity (Wildman–Crippen MR) is 113 cm³/mol. The number of aliphatic hydroxyl groups is 2. The van der Waals surface area contributed by atoms with E-state index in [-0.39, 0.29) is 25.0 Å². The Morgan fingerprint density at radius 3 is 2.67 bits per heavy atom. The molecule has 0 aromatic heterocycles. The Morgan fingerprint density at radius 1 is 1.27 bits per heavy atom. The van der Waals surface area contributed by atoms with Crippen LogP contribution in [0.5, 0.6) is 5.75 Å². The minimum absolute atomic E-state index is 0.0694. The van der Waals surface area contributed by atoms with Crippen LogP contribution in [0.1, 0.15) is 45.1 Å². The van der Waals surface area contributed by atoms with Gasteiger partial charge in [-0.1, -0.05) is 39.0 Å². The van der Waals surface area contributed by atoms with Gasteiger partial charge in [0.2, 0.25) is 11.8 Å². The molecule has 4 atom stereocenters. The zero-order valence-electron chi connectivity index (χ0n) is 17.9. The maximum atomic E-state index is 13.0. The Balaban J connectivity index is 2.01. The number of nitrogens with zero attached hydrogens (tertiary/aromatic N) is 1. The molecular weight excluding hydrogens is 384 g/mol. The molecule has 1 aliphatic heterocycles. The second-order valence-electron chi connectivity index (χ2n) is 8.30. The molecule has 0 bridgehead atoms. The van der Waals surface area contributed by atoms with Crippen LogP contribution < -0.4 is 10.1 Å². The van der Waals surface area contributed by atoms with E-state index in [0.717, 1.165) is 12.0 Å². The van der Waals surface area contributed by atoms with Gasteiger partial charge < -0.3 is 25.2 Å². The third kappa shape index (κ3) is 4.37. The van der Waals surface area contributed by atoms with Gasteiger partial charge in [-0.15, -0.1) is 0 Å². The van der Waals surface area contributed by atoms with Gasteiger partial charge in [0.05, 0.1) is 18.6 Å². The molecule has 0 unspecified atom stereocenters. The van der Waals surface area contributed by atoms with Crippen molar-refractivity contribution in [3.63, 3.8) is 0 Å². The molecule has 7 heteroatoms. The number of ether oxygens (including phenoxy) is 1. The molecule has 1 aromatic carbocycles. The summed E-state index contributed by atoms with van der Waals surface area (Å²) < 4.78 is 6.07. The van der Waals surface area contributed by atoms with Crippen LogP contribution in [0.3, 0.4) is 0 Å². The van der Waals surface area contributed by atoms with Gasteiger partial charge in [-0.3, -0.25) is 9.59 Å². The van der Waals surface area contributed by atoms with Crippen molar-refractivity contribution in [2.75, 3.05) is 19.7 Å². The van der Waals surface area contributed by atoms with Crippen molar-refractivity contribution >= 4 is 11.8 Å². The molecule has 0 radical (unpaired) electrons. The molecule has 2 aliphatic rings. The van der Waals surface area contributed by atoms with Gasteiger partial charge in [0.15, 0.2) is 0 Å². The first-order valence-electron chi connectivity index (χ1n) is 10.7. The number of hydrogen-bond donors (Lipinski definition) is 3. The minimum Gasteiger partial charge on any atom is -0.486 e. The largest absolute Gasteiger partial charge is 0.486 e. The van der Waals surface area contributed by atoms with E-state index in [1.807, 2.05) is 24.3 Å². The number of benzene rings is 1. The first kappa shape index (κ1) is 22.3. The smallest absolute Gasteiger partial charge is 0.247 e. The van der Waals surface area contributed by atoms with Gasteiger partial charge >= 0.3 is 0 Å². The Morgan fingerprint density at radius 2 is 2.00 bits per heavy atom. The van der Waals surface area contributed by atoms with Gasteiger partial charge in [-0.25, -0.2) is 0 Å². The molecule has 3 N–H and O–H groups in total. The van der Waals surface area contributed by atoms with Gasteiger partial charge in [0.1, 0.15) is 18.0 Å². The SMILES string of the molecule is CCC(=O)N(CCC(C)C)[C@@H]1C=C(C(=O)NCCO)[C@@H]2c3ccccc3O[C@@H]2[C@H]1O. The second kappa shape index (κ2) is 9.62. The number of carbonyl (C=O) groups is 2. The number of carbonyl (C=O) groups excluding carboxylic acids is 2. The Hall–Kier alpha value is -2.38. The zero-order valence-corrected chi connectivity index (χ0v) is 17.9. The van der Waals surface area contributed by atoms with Crippen LogP contribution in [0, 0.1) is 5.92 Å². The summed E-state index contributed by atoms with van der Waals surface area (Å²) in [7, 11) is 0. The Kier molecular flexibility index (Phi) is 7.15. The monoisotopic (exact) mass is 416 g/mol. The van der Waals surface area contributed by atoms with Crippen LogP contribution in [-0.4, -0.2) is 64.9 Å². The lowest BCUT2D eigenvalue weighted by molar-refractivity contribution is -0.137. The molecule has 164 valence electrons. The van der Waals surface area contributed by atoms with E-state index in [0.29, 0.717) is 30.2 Å². The highest BCUT2D eigenvalue weighted by atomic mass is 16.5. The van der Waals surface area contributed by atoms with Crippen molar-refractivity contribution in [1.82, 2.24) is 10.2 Å². The lowest BCUT2D eigenvalue weighted by Crippen LogP contribution is -2.56. The van der Waals surface area contributed by atoms with E-state index in [1.165, 1.54) is 0 Å². The molecule has 0 fully saturated rings. The highest BCUT2D eigenvalue weighted by Crippen LogP contribution is 2.47. The molecule has 7 nitrogen and oxygen atoms in total. The molecule has 30 heavy (non-hydrogen) atoms. The third-order valence-corrected chi connectivity index (χ3v) is 5.81. The number of para-hydroxylation sites is 1. The number of fused-ring (bicyclic) bond motifs is 3. The molecule has 1 heterocycles. The van der Waals surface area contributed by atoms with Gasteiger partial charge in [0.25, 0.3) is 0 Å². The number of aliphatic hydroxyl groups excluding tert-OH is 2. The van der Waals surface area contributed by atoms with Crippen LogP contribution in [0.2, 0.25) is 0 Å². The number of rotatable bonds is 8. The zero-order chi connectivity index (χ0) is 21.8. The molecule has 3 rings (SSSR count). The van der Waals surface area contributed by atoms with E-state index < -0.39 is 24.2 Å². The molecule has 1 aromatic rings. The highest BCUT2D eigenvalue weighted by molar-refractivity contribution is 5.96. The second-order valence-corrected chi connectivity index (χ2v) is 8.30. The van der Waals surface area contributed by atoms with Crippen molar-refractivity contribution in [3.05, 3.63) is 41.5 Å². The summed E-state index contributed by atoms with van der Waals surface area (Å²) in [6.07, 6.45) is 1.22. The summed E-state index contributed by atoms with van der Waals surface area (Å²) in [6.45, 7) is 6.43. The number of hydrogen-bond acceptors (Lipinski definition) is 5. The average molecular weight is 417 g/mol. The topological polar surface area (TPSA) is 99.1 Å². The van der Waals surface area contributed by atoms with E-state index in [1.54, 1.807) is 17.9 Å². The highest BCUT2D eigenvalue weighted by Gasteiger charge is 2.50. The van der Waals surface area contributed by atoms with Gasteiger partial charge in [-0.05, 0) is 24.5 Å². The molecule has 1 aliphatic carbocycles. The number of amides is 2. The molecular formula is C23H32N2O5. The third-order valence-electron chi connectivity index (χ3n) is 5.81. The number of nitrogens with one attached hydrogen (secondary N) is 1. The maximum Gasteiger partial charge on any atom is 0.247 e. The fourth-order valence-electron chi connectivity index (χ4n) is 4.23. The van der Waals surface area contributed by atoms with Gasteiger partial charge in [0, 0.05) is 30.6 Å². The fraction of sp³-hybridized carbons (Fsp3) is 0.565. The van der Waals surface area contributed by atoms with Gasteiger partial charge in [-0.2, -0.15) is 0 Å².